The maximum atomic E-state index is 3.74. The van der Waals surface area contributed by atoms with Gasteiger partial charge >= 0.3 is 0 Å². The number of benzene rings is 1. The minimum absolute atomic E-state index is 0.558. The van der Waals surface area contributed by atoms with Crippen LogP contribution in [-0.2, 0) is 0 Å². The zero-order valence-corrected chi connectivity index (χ0v) is 13.5. The molecule has 2 nitrogen and oxygen atoms in total. The lowest BCUT2D eigenvalue weighted by molar-refractivity contribution is 0.439. The van der Waals surface area contributed by atoms with Crippen LogP contribution in [0, 0.1) is 0 Å². The normalized spacial score (nSPS) is 23.7. The van der Waals surface area contributed by atoms with Gasteiger partial charge in [0, 0.05) is 24.3 Å². The van der Waals surface area contributed by atoms with Gasteiger partial charge in [-0.2, -0.15) is 0 Å². The molecule has 0 saturated heterocycles. The Labute approximate surface area is 129 Å². The fraction of sp³-hybridized carbons (Fsp3) is 0.684. The van der Waals surface area contributed by atoms with Crippen molar-refractivity contribution in [3.8, 4) is 0 Å². The van der Waals surface area contributed by atoms with Crippen LogP contribution >= 0.6 is 0 Å². The molecule has 1 atom stereocenters. The van der Waals surface area contributed by atoms with E-state index in [1.54, 1.807) is 0 Å². The number of fused-ring (bicyclic) bond motifs is 1. The van der Waals surface area contributed by atoms with Crippen molar-refractivity contribution in [1.82, 2.24) is 5.32 Å². The molecule has 0 amide bonds. The Hall–Kier alpha value is -1.02. The van der Waals surface area contributed by atoms with E-state index >= 15 is 0 Å². The van der Waals surface area contributed by atoms with E-state index < -0.39 is 0 Å². The summed E-state index contributed by atoms with van der Waals surface area (Å²) < 4.78 is 0. The minimum atomic E-state index is 0.558. The quantitative estimate of drug-likeness (QED) is 0.810. The zero-order valence-electron chi connectivity index (χ0n) is 13.5. The van der Waals surface area contributed by atoms with Crippen molar-refractivity contribution in [2.45, 2.75) is 70.4 Å². The first-order chi connectivity index (χ1) is 10.4. The molecule has 116 valence electrons. The van der Waals surface area contributed by atoms with Gasteiger partial charge in [-0.25, -0.2) is 0 Å². The van der Waals surface area contributed by atoms with Crippen molar-refractivity contribution in [3.05, 3.63) is 29.8 Å². The van der Waals surface area contributed by atoms with E-state index in [4.69, 9.17) is 0 Å². The van der Waals surface area contributed by atoms with Crippen LogP contribution in [0.25, 0.3) is 0 Å². The molecule has 2 aliphatic rings. The first kappa shape index (κ1) is 14.9. The Morgan fingerprint density at radius 1 is 1.05 bits per heavy atom. The highest BCUT2D eigenvalue weighted by atomic mass is 15.2. The average Bonchev–Trinajstić information content (AvgIpc) is 2.81. The van der Waals surface area contributed by atoms with Crippen molar-refractivity contribution in [2.75, 3.05) is 18.0 Å². The second-order valence-electron chi connectivity index (χ2n) is 6.69. The molecule has 0 spiro atoms. The molecular formula is C19H30N2. The fourth-order valence-corrected chi connectivity index (χ4v) is 4.07. The molecule has 0 radical (unpaired) electrons. The van der Waals surface area contributed by atoms with Gasteiger partial charge in [-0.15, -0.1) is 0 Å². The van der Waals surface area contributed by atoms with Gasteiger partial charge in [-0.3, -0.25) is 0 Å². The predicted octanol–water partition coefficient (Wildman–Crippen LogP) is 4.66. The lowest BCUT2D eigenvalue weighted by atomic mass is 9.93. The monoisotopic (exact) mass is 286 g/mol. The second-order valence-corrected chi connectivity index (χ2v) is 6.69. The number of nitrogens with one attached hydrogen (secondary N) is 1. The first-order valence-corrected chi connectivity index (χ1v) is 8.99. The Morgan fingerprint density at radius 2 is 1.81 bits per heavy atom. The largest absolute Gasteiger partial charge is 0.368 e. The number of hydrogen-bond acceptors (Lipinski definition) is 2. The molecule has 1 aromatic rings. The minimum Gasteiger partial charge on any atom is -0.368 e. The van der Waals surface area contributed by atoms with Gasteiger partial charge in [0.15, 0.2) is 0 Å². The van der Waals surface area contributed by atoms with Gasteiger partial charge in [-0.1, -0.05) is 50.8 Å². The second kappa shape index (κ2) is 7.31. The van der Waals surface area contributed by atoms with Crippen LogP contribution in [-0.4, -0.2) is 19.1 Å². The Balaban J connectivity index is 1.80. The zero-order chi connectivity index (χ0) is 14.5. The fourth-order valence-electron chi connectivity index (χ4n) is 4.07. The van der Waals surface area contributed by atoms with Gasteiger partial charge in [0.25, 0.3) is 0 Å². The third-order valence-electron chi connectivity index (χ3n) is 5.19. The van der Waals surface area contributed by atoms with Crippen LogP contribution in [0.5, 0.6) is 0 Å². The number of rotatable bonds is 4. The Kier molecular flexibility index (Phi) is 5.18. The molecule has 1 N–H and O–H groups in total. The molecular weight excluding hydrogens is 256 g/mol. The van der Waals surface area contributed by atoms with Crippen LogP contribution in [0.2, 0.25) is 0 Å². The molecule has 3 rings (SSSR count). The van der Waals surface area contributed by atoms with Crippen LogP contribution in [0.15, 0.2) is 24.3 Å². The van der Waals surface area contributed by atoms with Crippen molar-refractivity contribution in [2.24, 2.45) is 0 Å². The van der Waals surface area contributed by atoms with Crippen molar-refractivity contribution >= 4 is 5.69 Å². The maximum Gasteiger partial charge on any atom is 0.0417 e. The average molecular weight is 286 g/mol. The molecule has 0 aromatic heterocycles. The summed E-state index contributed by atoms with van der Waals surface area (Å²) in [6.07, 6.45) is 11.0. The third-order valence-corrected chi connectivity index (χ3v) is 5.19. The Bertz CT molecular complexity index is 435. The molecule has 21 heavy (non-hydrogen) atoms. The summed E-state index contributed by atoms with van der Waals surface area (Å²) in [7, 11) is 0. The van der Waals surface area contributed by atoms with Crippen LogP contribution in [0.3, 0.4) is 0 Å². The van der Waals surface area contributed by atoms with Crippen LogP contribution in [0.4, 0.5) is 5.69 Å². The van der Waals surface area contributed by atoms with E-state index in [1.807, 2.05) is 0 Å². The molecule has 0 bridgehead atoms. The summed E-state index contributed by atoms with van der Waals surface area (Å²) in [5, 5.41) is 3.74. The molecule has 1 fully saturated rings. The molecule has 1 aliphatic heterocycles. The highest BCUT2D eigenvalue weighted by molar-refractivity contribution is 5.57. The van der Waals surface area contributed by atoms with Gasteiger partial charge < -0.3 is 10.2 Å². The highest BCUT2D eigenvalue weighted by Crippen LogP contribution is 2.37. The van der Waals surface area contributed by atoms with E-state index in [0.717, 1.165) is 12.6 Å². The molecule has 2 heteroatoms. The van der Waals surface area contributed by atoms with Gasteiger partial charge in [-0.05, 0) is 43.9 Å². The van der Waals surface area contributed by atoms with Crippen LogP contribution in [0.1, 0.15) is 69.9 Å². The number of anilines is 1. The van der Waals surface area contributed by atoms with Gasteiger partial charge in [0.05, 0.1) is 0 Å². The van der Waals surface area contributed by atoms with E-state index in [9.17, 15) is 0 Å². The van der Waals surface area contributed by atoms with Crippen molar-refractivity contribution < 1.29 is 0 Å². The smallest absolute Gasteiger partial charge is 0.0417 e. The first-order valence-electron chi connectivity index (χ1n) is 8.99. The SMILES string of the molecule is CCCNC1CCN(C2CCCCCC2)c2ccccc21. The third kappa shape index (κ3) is 3.42. The molecule has 1 aliphatic carbocycles. The van der Waals surface area contributed by atoms with Crippen molar-refractivity contribution in [1.29, 1.82) is 0 Å². The predicted molar refractivity (Wildman–Crippen MR) is 90.9 cm³/mol. The van der Waals surface area contributed by atoms with E-state index in [0.29, 0.717) is 6.04 Å². The highest BCUT2D eigenvalue weighted by Gasteiger charge is 2.28. The van der Waals surface area contributed by atoms with Gasteiger partial charge in [0.2, 0.25) is 0 Å². The number of para-hydroxylation sites is 1. The lowest BCUT2D eigenvalue weighted by Gasteiger charge is -2.41. The summed E-state index contributed by atoms with van der Waals surface area (Å²) >= 11 is 0. The molecule has 1 unspecified atom stereocenters. The lowest BCUT2D eigenvalue weighted by Crippen LogP contribution is -2.42. The summed E-state index contributed by atoms with van der Waals surface area (Å²) in [6, 6.07) is 10.4. The van der Waals surface area contributed by atoms with Gasteiger partial charge in [0.1, 0.15) is 0 Å². The summed E-state index contributed by atoms with van der Waals surface area (Å²) in [5.41, 5.74) is 3.03. The number of hydrogen-bond donors (Lipinski definition) is 1. The van der Waals surface area contributed by atoms with E-state index in [2.05, 4.69) is 41.4 Å². The van der Waals surface area contributed by atoms with E-state index in [1.165, 1.54) is 69.2 Å². The molecule has 1 heterocycles. The van der Waals surface area contributed by atoms with E-state index in [-0.39, 0.29) is 0 Å². The molecule has 1 saturated carbocycles. The maximum absolute atomic E-state index is 3.74. The standard InChI is InChI=1S/C19H30N2/c1-2-14-20-18-13-15-21(16-9-5-3-4-6-10-16)19-12-8-7-11-17(18)19/h7-8,11-12,16,18,20H,2-6,9-10,13-15H2,1H3. The summed E-state index contributed by atoms with van der Waals surface area (Å²) in [4.78, 5) is 2.73. The molecule has 1 aromatic carbocycles. The summed E-state index contributed by atoms with van der Waals surface area (Å²) in [5.74, 6) is 0. The summed E-state index contributed by atoms with van der Waals surface area (Å²) in [6.45, 7) is 4.60. The van der Waals surface area contributed by atoms with Crippen LogP contribution < -0.4 is 10.2 Å². The van der Waals surface area contributed by atoms with Crippen molar-refractivity contribution in [3.63, 3.8) is 0 Å². The Morgan fingerprint density at radius 3 is 2.57 bits per heavy atom. The topological polar surface area (TPSA) is 15.3 Å². The number of nitrogens with zero attached hydrogens (tertiary/aromatic N) is 1.